The number of hydrogen-bond acceptors (Lipinski definition) is 9. The van der Waals surface area contributed by atoms with E-state index in [4.69, 9.17) is 17.3 Å². The minimum atomic E-state index is -2.66. The number of phenolic OH excluding ortho intramolecular Hbond substituents is 1. The SMILES string of the molecule is CN(Cc1cc(O)c2c(c1Cl)C[C@H]1C[C@H]3[C@H](N(C)C)C(O)=C(C(N)=O)C(=O)[C@@]3(O)C(O)=C1C2=O)CC1CCCC1. The van der Waals surface area contributed by atoms with Gasteiger partial charge in [-0.3, -0.25) is 19.3 Å². The average Bonchev–Trinajstić information content (AvgIpc) is 3.36. The number of aliphatic hydroxyl groups is 3. The van der Waals surface area contributed by atoms with Crippen LogP contribution in [0.25, 0.3) is 0 Å². The number of nitrogens with two attached hydrogens (primary N) is 1. The van der Waals surface area contributed by atoms with Gasteiger partial charge in [0.25, 0.3) is 5.91 Å². The van der Waals surface area contributed by atoms with Crippen LogP contribution in [0.1, 0.15) is 53.6 Å². The molecule has 0 radical (unpaired) electrons. The second kappa shape index (κ2) is 10.2. The first-order valence-electron chi connectivity index (χ1n) is 13.7. The lowest BCUT2D eigenvalue weighted by molar-refractivity contribution is -0.148. The van der Waals surface area contributed by atoms with Crippen molar-refractivity contribution in [3.8, 4) is 5.75 Å². The minimum absolute atomic E-state index is 0.0225. The molecule has 1 aromatic rings. The van der Waals surface area contributed by atoms with Gasteiger partial charge >= 0.3 is 0 Å². The van der Waals surface area contributed by atoms with Crippen LogP contribution >= 0.6 is 11.6 Å². The molecule has 1 aromatic carbocycles. The number of hydrogen-bond donors (Lipinski definition) is 5. The van der Waals surface area contributed by atoms with Crippen molar-refractivity contribution in [3.05, 3.63) is 50.4 Å². The highest BCUT2D eigenvalue weighted by atomic mass is 35.5. The number of fused-ring (bicyclic) bond motifs is 3. The lowest BCUT2D eigenvalue weighted by atomic mass is 9.58. The summed E-state index contributed by atoms with van der Waals surface area (Å²) < 4.78 is 0. The Balaban J connectivity index is 1.56. The Hall–Kier alpha value is -2.92. The predicted octanol–water partition coefficient (Wildman–Crippen LogP) is 2.40. The number of carbonyl (C=O) groups excluding carboxylic acids is 3. The number of likely N-dealkylation sites (N-methyl/N-ethyl adjacent to an activating group) is 1. The van der Waals surface area contributed by atoms with E-state index in [-0.39, 0.29) is 29.7 Å². The van der Waals surface area contributed by atoms with Crippen molar-refractivity contribution in [2.45, 2.75) is 56.7 Å². The van der Waals surface area contributed by atoms with Gasteiger partial charge in [0.2, 0.25) is 5.78 Å². The molecule has 0 bridgehead atoms. The lowest BCUT2D eigenvalue weighted by Gasteiger charge is -2.50. The summed E-state index contributed by atoms with van der Waals surface area (Å²) in [5.41, 5.74) is 2.74. The number of nitrogens with zero attached hydrogens (tertiary/aromatic N) is 2. The molecule has 40 heavy (non-hydrogen) atoms. The summed E-state index contributed by atoms with van der Waals surface area (Å²) in [6.07, 6.45) is 5.05. The van der Waals surface area contributed by atoms with Crippen LogP contribution in [0.5, 0.6) is 5.75 Å². The molecule has 0 unspecified atom stereocenters. The van der Waals surface area contributed by atoms with Crippen LogP contribution in [-0.4, -0.2) is 87.0 Å². The van der Waals surface area contributed by atoms with Crippen LogP contribution in [0, 0.1) is 17.8 Å². The molecule has 0 spiro atoms. The second-order valence-corrected chi connectivity index (χ2v) is 12.4. The van der Waals surface area contributed by atoms with Gasteiger partial charge < -0.3 is 31.1 Å². The van der Waals surface area contributed by atoms with Crippen LogP contribution in [0.3, 0.4) is 0 Å². The molecular formula is C29H36ClN3O7. The van der Waals surface area contributed by atoms with E-state index in [0.29, 0.717) is 28.6 Å². The number of Topliss-reactive ketones (excluding diaryl/α,β-unsaturated/α-hetero) is 2. The molecular weight excluding hydrogens is 538 g/mol. The molecule has 216 valence electrons. The zero-order chi connectivity index (χ0) is 29.3. The Labute approximate surface area is 237 Å². The lowest BCUT2D eigenvalue weighted by Crippen LogP contribution is -2.63. The number of halogens is 1. The Kier molecular flexibility index (Phi) is 7.27. The highest BCUT2D eigenvalue weighted by Gasteiger charge is 2.63. The zero-order valence-electron chi connectivity index (χ0n) is 22.9. The quantitative estimate of drug-likeness (QED) is 0.321. The van der Waals surface area contributed by atoms with Crippen LogP contribution in [0.4, 0.5) is 0 Å². The maximum absolute atomic E-state index is 13.8. The fraction of sp³-hybridized carbons (Fsp3) is 0.552. The van der Waals surface area contributed by atoms with E-state index in [1.54, 1.807) is 14.1 Å². The summed E-state index contributed by atoms with van der Waals surface area (Å²) in [6.45, 7) is 1.39. The van der Waals surface area contributed by atoms with Gasteiger partial charge in [-0.1, -0.05) is 24.4 Å². The number of carbonyl (C=O) groups is 3. The van der Waals surface area contributed by atoms with E-state index < -0.39 is 58.0 Å². The average molecular weight is 574 g/mol. The Morgan fingerprint density at radius 3 is 2.40 bits per heavy atom. The molecule has 1 fully saturated rings. The molecule has 0 heterocycles. The van der Waals surface area contributed by atoms with Gasteiger partial charge in [0, 0.05) is 29.6 Å². The van der Waals surface area contributed by atoms with Gasteiger partial charge in [0.1, 0.15) is 22.8 Å². The zero-order valence-corrected chi connectivity index (χ0v) is 23.7. The van der Waals surface area contributed by atoms with E-state index in [9.17, 15) is 34.8 Å². The maximum Gasteiger partial charge on any atom is 0.255 e. The van der Waals surface area contributed by atoms with Crippen LogP contribution in [0.2, 0.25) is 5.02 Å². The number of rotatable bonds is 6. The second-order valence-electron chi connectivity index (χ2n) is 12.0. The van der Waals surface area contributed by atoms with Gasteiger partial charge in [-0.2, -0.15) is 0 Å². The van der Waals surface area contributed by atoms with E-state index in [1.165, 1.54) is 36.6 Å². The number of primary amides is 1. The molecule has 0 aromatic heterocycles. The third-order valence-corrected chi connectivity index (χ3v) is 9.69. The predicted molar refractivity (Wildman–Crippen MR) is 147 cm³/mol. The number of ketones is 2. The summed E-state index contributed by atoms with van der Waals surface area (Å²) in [7, 11) is 5.19. The summed E-state index contributed by atoms with van der Waals surface area (Å²) in [5, 5.41) is 45.3. The standard InChI is InChI=1S/C29H36ClN3O7/c1-32(2)23-17-9-14-8-16-20(18(34)10-15(22(16)30)12-33(3)11-13-6-4-5-7-13)24(35)19(14)26(37)29(17,40)27(38)21(25(23)36)28(31)39/h10,13-14,17,23,34,36-37,40H,4-9,11-12H2,1-3H3,(H2,31,39)/t14-,17-,23-,29-/m0/s1. The molecule has 4 atom stereocenters. The van der Waals surface area contributed by atoms with Crippen molar-refractivity contribution in [1.29, 1.82) is 0 Å². The van der Waals surface area contributed by atoms with Crippen LogP contribution in [0.15, 0.2) is 28.7 Å². The number of phenols is 1. The highest BCUT2D eigenvalue weighted by molar-refractivity contribution is 6.33. The summed E-state index contributed by atoms with van der Waals surface area (Å²) >= 11 is 6.86. The van der Waals surface area contributed by atoms with Crippen molar-refractivity contribution in [2.75, 3.05) is 27.7 Å². The van der Waals surface area contributed by atoms with Crippen molar-refractivity contribution < 1.29 is 34.8 Å². The van der Waals surface area contributed by atoms with E-state index in [2.05, 4.69) is 4.90 Å². The number of amides is 1. The van der Waals surface area contributed by atoms with Crippen LogP contribution in [-0.2, 0) is 22.6 Å². The van der Waals surface area contributed by atoms with Crippen molar-refractivity contribution in [2.24, 2.45) is 23.5 Å². The summed E-state index contributed by atoms with van der Waals surface area (Å²) in [4.78, 5) is 42.9. The number of allylic oxidation sites excluding steroid dienone is 1. The van der Waals surface area contributed by atoms with Gasteiger partial charge in [0.05, 0.1) is 11.6 Å². The largest absolute Gasteiger partial charge is 0.510 e. The molecule has 0 aliphatic heterocycles. The Morgan fingerprint density at radius 1 is 1.15 bits per heavy atom. The highest BCUT2D eigenvalue weighted by Crippen LogP contribution is 2.53. The van der Waals surface area contributed by atoms with E-state index >= 15 is 0 Å². The Morgan fingerprint density at radius 2 is 1.80 bits per heavy atom. The number of benzene rings is 1. The van der Waals surface area contributed by atoms with Crippen LogP contribution < -0.4 is 5.73 Å². The van der Waals surface area contributed by atoms with Crippen molar-refractivity contribution in [3.63, 3.8) is 0 Å². The third kappa shape index (κ3) is 4.24. The normalized spacial score (nSPS) is 28.8. The molecule has 11 heteroatoms. The van der Waals surface area contributed by atoms with E-state index in [1.807, 2.05) is 7.05 Å². The third-order valence-electron chi connectivity index (χ3n) is 9.22. The maximum atomic E-state index is 13.8. The molecule has 5 rings (SSSR count). The first-order valence-corrected chi connectivity index (χ1v) is 14.0. The molecule has 1 amide bonds. The Bertz CT molecular complexity index is 1360. The first kappa shape index (κ1) is 28.6. The molecule has 4 aliphatic carbocycles. The number of aliphatic hydroxyl groups excluding tert-OH is 2. The van der Waals surface area contributed by atoms with Crippen molar-refractivity contribution in [1.82, 2.24) is 9.80 Å². The van der Waals surface area contributed by atoms with Gasteiger partial charge in [-0.25, -0.2) is 0 Å². The van der Waals surface area contributed by atoms with E-state index in [0.717, 1.165) is 6.54 Å². The van der Waals surface area contributed by atoms with Gasteiger partial charge in [0.15, 0.2) is 11.4 Å². The number of aromatic hydroxyl groups is 1. The molecule has 1 saturated carbocycles. The smallest absolute Gasteiger partial charge is 0.255 e. The fourth-order valence-electron chi connectivity index (χ4n) is 7.46. The monoisotopic (exact) mass is 573 g/mol. The first-order chi connectivity index (χ1) is 18.8. The van der Waals surface area contributed by atoms with Gasteiger partial charge in [-0.15, -0.1) is 0 Å². The fourth-order valence-corrected chi connectivity index (χ4v) is 7.74. The molecule has 6 N–H and O–H groups in total. The topological polar surface area (TPSA) is 165 Å². The van der Waals surface area contributed by atoms with Gasteiger partial charge in [-0.05, 0) is 75.9 Å². The summed E-state index contributed by atoms with van der Waals surface area (Å²) in [5.74, 6) is -6.14. The molecule has 4 aliphatic rings. The molecule has 10 nitrogen and oxygen atoms in total. The van der Waals surface area contributed by atoms with Crippen molar-refractivity contribution >= 4 is 29.1 Å². The summed E-state index contributed by atoms with van der Waals surface area (Å²) in [6, 6.07) is 0.423. The minimum Gasteiger partial charge on any atom is -0.510 e. The molecule has 0 saturated heterocycles.